The van der Waals surface area contributed by atoms with Crippen molar-refractivity contribution in [1.29, 1.82) is 0 Å². The molecular weight excluding hydrogens is 1220 g/mol. The Morgan fingerprint density at radius 3 is 0.920 bits per heavy atom. The Morgan fingerprint density at radius 2 is 0.550 bits per heavy atom. The number of hydrogen-bond acceptors (Lipinski definition) is 6. The van der Waals surface area contributed by atoms with Gasteiger partial charge in [0.1, 0.15) is 46.0 Å². The highest BCUT2D eigenvalue weighted by Gasteiger charge is 2.54. The second-order valence-electron chi connectivity index (χ2n) is 27.6. The third-order valence-electron chi connectivity index (χ3n) is 22.9. The molecule has 0 saturated carbocycles. The van der Waals surface area contributed by atoms with Gasteiger partial charge in [-0.25, -0.2) is 0 Å². The molecule has 0 radical (unpaired) electrons. The maximum absolute atomic E-state index is 7.50. The van der Waals surface area contributed by atoms with Crippen LogP contribution in [0.1, 0.15) is 44.5 Å². The molecule has 4 heterocycles. The van der Waals surface area contributed by atoms with Gasteiger partial charge >= 0.3 is 0 Å². The Balaban J connectivity index is 0.680. The molecule has 4 aliphatic carbocycles. The molecule has 0 unspecified atom stereocenters. The molecule has 0 aromatic heterocycles. The van der Waals surface area contributed by atoms with Crippen molar-refractivity contribution in [3.05, 3.63) is 372 Å². The van der Waals surface area contributed by atoms with E-state index in [1.807, 2.05) is 0 Å². The first-order valence-electron chi connectivity index (χ1n) is 34.6. The molecule has 8 aliphatic rings. The highest BCUT2D eigenvalue weighted by molar-refractivity contribution is 7.02. The number of hydrogen-bond donors (Lipinski definition) is 0. The summed E-state index contributed by atoms with van der Waals surface area (Å²) >= 11 is 0. The van der Waals surface area contributed by atoms with Crippen LogP contribution in [0.25, 0.3) is 44.5 Å². The Labute approximate surface area is 579 Å². The van der Waals surface area contributed by atoms with Crippen molar-refractivity contribution in [2.24, 2.45) is 0 Å². The zero-order chi connectivity index (χ0) is 65.1. The molecule has 462 valence electrons. The zero-order valence-electron chi connectivity index (χ0n) is 53.9. The van der Waals surface area contributed by atoms with Crippen LogP contribution in [0.2, 0.25) is 0 Å². The normalized spacial score (nSPS) is 14.6. The van der Waals surface area contributed by atoms with E-state index in [1.165, 1.54) is 99.9 Å². The van der Waals surface area contributed by atoms with Gasteiger partial charge in [-0.15, -0.1) is 0 Å². The Kier molecular flexibility index (Phi) is 10.8. The van der Waals surface area contributed by atoms with Gasteiger partial charge in [-0.1, -0.05) is 237 Å². The van der Waals surface area contributed by atoms with Crippen LogP contribution in [0.15, 0.2) is 328 Å². The summed E-state index contributed by atoms with van der Waals surface area (Å²) in [4.78, 5) is 4.77. The van der Waals surface area contributed by atoms with Gasteiger partial charge in [0.25, 0.3) is 13.4 Å². The van der Waals surface area contributed by atoms with E-state index in [0.717, 1.165) is 90.5 Å². The van der Waals surface area contributed by atoms with Gasteiger partial charge in [-0.05, 0) is 182 Å². The largest absolute Gasteiger partial charge is 0.458 e. The fourth-order valence-corrected chi connectivity index (χ4v) is 19.2. The van der Waals surface area contributed by atoms with E-state index in [-0.39, 0.29) is 13.4 Å². The summed E-state index contributed by atoms with van der Waals surface area (Å²) in [5.41, 5.74) is 32.0. The van der Waals surface area contributed by atoms with E-state index in [0.29, 0.717) is 11.5 Å². The quantitative estimate of drug-likeness (QED) is 0.155. The van der Waals surface area contributed by atoms with Crippen LogP contribution in [0, 0.1) is 0 Å². The van der Waals surface area contributed by atoms with Gasteiger partial charge in [0.2, 0.25) is 0 Å². The molecule has 4 aliphatic heterocycles. The number of ether oxygens (including phenoxy) is 4. The molecule has 0 fully saturated rings. The molecule has 2 spiro atoms. The lowest BCUT2D eigenvalue weighted by atomic mass is 9.31. The lowest BCUT2D eigenvalue weighted by molar-refractivity contribution is 0.451. The van der Waals surface area contributed by atoms with E-state index in [9.17, 15) is 0 Å². The minimum atomic E-state index is -0.524. The summed E-state index contributed by atoms with van der Waals surface area (Å²) in [7, 11) is 0. The molecule has 8 heteroatoms. The van der Waals surface area contributed by atoms with Crippen molar-refractivity contribution >= 4 is 80.3 Å². The Hall–Kier alpha value is -12.8. The summed E-state index contributed by atoms with van der Waals surface area (Å²) in [5.74, 6) is 5.73. The first-order valence-corrected chi connectivity index (χ1v) is 34.6. The maximum atomic E-state index is 7.50. The standard InChI is InChI=1S/C92H54B2N2O4/c1-3-23-55(24-4-1)95-81-41-21-19-39-77(81)93-79-53-80-86(54-85(79)99-87-51-59(49-83(95)89(87)93)97-57-43-45-67-65-31-11-17-37-73(65)91(75(67)47-57)69-33-13-7-27-61(69)62-28-8-14-34-70(62)91)100-88-52-60(50-84-90(88)94(80)78-40-20-22-42-82(78)96(84)56-25-5-2-6-26-56)98-58-44-46-68-66-32-12-18-38-74(66)92(76(68)48-58)71-35-15-9-29-63(71)64-30-10-16-36-72(64)92/h1-54H. The third kappa shape index (κ3) is 7.03. The number of anilines is 6. The first-order chi connectivity index (χ1) is 49.6. The highest BCUT2D eigenvalue weighted by atomic mass is 16.5. The summed E-state index contributed by atoms with van der Waals surface area (Å²) in [6.07, 6.45) is 0. The highest BCUT2D eigenvalue weighted by Crippen LogP contribution is 2.65. The SMILES string of the molecule is c1ccc(N2c3ccccc3B3c4cc5c(cc4Oc4cc(Oc6ccc7c(c6)C6(c8ccccc8-c8ccccc86)c6ccccc6-7)cc2c43)Oc2cc(Oc3ccc4c(c3)C3(c6ccccc6-c6ccccc63)c3ccccc3-4)cc3c2B5c2ccccc2N3c2ccccc2)cc1. The molecular formula is C92H54B2N2O4. The summed E-state index contributed by atoms with van der Waals surface area (Å²) in [6, 6.07) is 119. The number of benzene rings is 15. The molecule has 0 N–H and O–H groups in total. The lowest BCUT2D eigenvalue weighted by Crippen LogP contribution is -2.63. The predicted molar refractivity (Wildman–Crippen MR) is 404 cm³/mol. The van der Waals surface area contributed by atoms with E-state index >= 15 is 0 Å². The molecule has 0 saturated heterocycles. The molecule has 0 amide bonds. The van der Waals surface area contributed by atoms with Crippen molar-refractivity contribution in [2.75, 3.05) is 9.80 Å². The van der Waals surface area contributed by atoms with E-state index in [4.69, 9.17) is 18.9 Å². The molecule has 15 aromatic carbocycles. The minimum Gasteiger partial charge on any atom is -0.458 e. The molecule has 0 atom stereocenters. The van der Waals surface area contributed by atoms with Gasteiger partial charge < -0.3 is 28.7 Å². The average Bonchev–Trinajstić information content (AvgIpc) is 1.47. The smallest absolute Gasteiger partial charge is 0.256 e. The van der Waals surface area contributed by atoms with E-state index < -0.39 is 10.8 Å². The molecule has 6 nitrogen and oxygen atoms in total. The van der Waals surface area contributed by atoms with Crippen LogP contribution in [0.5, 0.6) is 46.0 Å². The first kappa shape index (κ1) is 54.4. The lowest BCUT2D eigenvalue weighted by Gasteiger charge is -2.42. The summed E-state index contributed by atoms with van der Waals surface area (Å²) in [6.45, 7) is -0.432. The fraction of sp³-hybridized carbons (Fsp3) is 0.0217. The number of rotatable bonds is 6. The molecule has 0 bridgehead atoms. The van der Waals surface area contributed by atoms with Crippen molar-refractivity contribution in [3.8, 4) is 90.5 Å². The number of para-hydroxylation sites is 4. The van der Waals surface area contributed by atoms with Crippen LogP contribution < -0.4 is 61.5 Å². The fourth-order valence-electron chi connectivity index (χ4n) is 19.2. The second-order valence-corrected chi connectivity index (χ2v) is 27.6. The van der Waals surface area contributed by atoms with Gasteiger partial charge in [0.15, 0.2) is 0 Å². The Morgan fingerprint density at radius 1 is 0.230 bits per heavy atom. The van der Waals surface area contributed by atoms with Gasteiger partial charge in [-0.2, -0.15) is 0 Å². The summed E-state index contributed by atoms with van der Waals surface area (Å²) in [5, 5.41) is 0. The van der Waals surface area contributed by atoms with Gasteiger partial charge in [-0.3, -0.25) is 0 Å². The van der Waals surface area contributed by atoms with Crippen molar-refractivity contribution < 1.29 is 18.9 Å². The van der Waals surface area contributed by atoms with Crippen molar-refractivity contribution in [3.63, 3.8) is 0 Å². The van der Waals surface area contributed by atoms with Crippen LogP contribution >= 0.6 is 0 Å². The van der Waals surface area contributed by atoms with Crippen LogP contribution in [0.3, 0.4) is 0 Å². The second kappa shape index (κ2) is 19.9. The number of nitrogens with zero attached hydrogens (tertiary/aromatic N) is 2. The van der Waals surface area contributed by atoms with Gasteiger partial charge in [0, 0.05) is 64.5 Å². The topological polar surface area (TPSA) is 43.4 Å². The molecule has 23 rings (SSSR count). The Bertz CT molecular complexity index is 5630. The molecule has 100 heavy (non-hydrogen) atoms. The minimum absolute atomic E-state index is 0.216. The summed E-state index contributed by atoms with van der Waals surface area (Å²) < 4.78 is 29.7. The van der Waals surface area contributed by atoms with Crippen molar-refractivity contribution in [1.82, 2.24) is 0 Å². The van der Waals surface area contributed by atoms with E-state index in [1.54, 1.807) is 0 Å². The van der Waals surface area contributed by atoms with Crippen LogP contribution in [-0.4, -0.2) is 13.4 Å². The van der Waals surface area contributed by atoms with Gasteiger partial charge in [0.05, 0.1) is 10.8 Å². The molecule has 15 aromatic rings. The van der Waals surface area contributed by atoms with Crippen LogP contribution in [0.4, 0.5) is 34.1 Å². The third-order valence-corrected chi connectivity index (χ3v) is 22.9. The average molecular weight is 1270 g/mol. The van der Waals surface area contributed by atoms with Crippen molar-refractivity contribution in [2.45, 2.75) is 10.8 Å². The van der Waals surface area contributed by atoms with Crippen LogP contribution in [-0.2, 0) is 10.8 Å². The van der Waals surface area contributed by atoms with E-state index in [2.05, 4.69) is 337 Å². The maximum Gasteiger partial charge on any atom is 0.256 e. The predicted octanol–water partition coefficient (Wildman–Crippen LogP) is 18.8. The number of fused-ring (bicyclic) bond motifs is 28. The zero-order valence-corrected chi connectivity index (χ0v) is 53.9. The monoisotopic (exact) mass is 1270 g/mol.